The van der Waals surface area contributed by atoms with E-state index < -0.39 is 0 Å². The average molecular weight is 771 g/mol. The number of para-hydroxylation sites is 4. The number of benzene rings is 9. The van der Waals surface area contributed by atoms with E-state index >= 15 is 0 Å². The predicted molar refractivity (Wildman–Crippen MR) is 248 cm³/mol. The number of aromatic nitrogens is 2. The minimum Gasteiger partial charge on any atom is -0.452 e. The summed E-state index contributed by atoms with van der Waals surface area (Å²) >= 11 is 1.84. The van der Waals surface area contributed by atoms with Crippen LogP contribution in [0, 0.1) is 0 Å². The Hall–Kier alpha value is -7.60. The van der Waals surface area contributed by atoms with Crippen LogP contribution in [0.4, 0.5) is 0 Å². The lowest BCUT2D eigenvalue weighted by Crippen LogP contribution is -1.93. The fourth-order valence-corrected chi connectivity index (χ4v) is 11.2. The third kappa shape index (κ3) is 4.21. The molecule has 0 radical (unpaired) electrons. The zero-order valence-electron chi connectivity index (χ0n) is 31.4. The minimum atomic E-state index is 0.804. The van der Waals surface area contributed by atoms with Gasteiger partial charge in [-0.2, -0.15) is 0 Å². The van der Waals surface area contributed by atoms with Gasteiger partial charge in [0.25, 0.3) is 0 Å². The maximum absolute atomic E-state index is 6.80. The van der Waals surface area contributed by atoms with Crippen molar-refractivity contribution in [2.24, 2.45) is 0 Å². The molecule has 0 aliphatic heterocycles. The molecule has 9 aromatic carbocycles. The summed E-state index contributed by atoms with van der Waals surface area (Å²) in [5.74, 6) is 0. The molecular weight excluding hydrogens is 741 g/mol. The Morgan fingerprint density at radius 2 is 0.881 bits per heavy atom. The molecule has 0 N–H and O–H groups in total. The number of fused-ring (bicyclic) bond motifs is 18. The first-order chi connectivity index (χ1) is 29.3. The lowest BCUT2D eigenvalue weighted by Gasteiger charge is -2.09. The average Bonchev–Trinajstić information content (AvgIpc) is 4.10. The first-order valence-electron chi connectivity index (χ1n) is 20.0. The molecule has 0 spiro atoms. The quantitative estimate of drug-likeness (QED) is 0.179. The second-order valence-electron chi connectivity index (χ2n) is 15.6. The van der Waals surface area contributed by atoms with Gasteiger partial charge in [-0.05, 0) is 90.0 Å². The second kappa shape index (κ2) is 11.5. The van der Waals surface area contributed by atoms with Crippen LogP contribution in [0.3, 0.4) is 0 Å². The highest BCUT2D eigenvalue weighted by molar-refractivity contribution is 7.27. The molecule has 14 aromatic rings. The first kappa shape index (κ1) is 31.5. The largest absolute Gasteiger partial charge is 0.452 e. The van der Waals surface area contributed by atoms with Crippen LogP contribution in [0.5, 0.6) is 0 Å². The summed E-state index contributed by atoms with van der Waals surface area (Å²) < 4.78 is 20.7. The van der Waals surface area contributed by atoms with Crippen molar-refractivity contribution in [2.75, 3.05) is 0 Å². The van der Waals surface area contributed by atoms with Crippen molar-refractivity contribution < 1.29 is 8.83 Å². The first-order valence-corrected chi connectivity index (χ1v) is 20.8. The van der Waals surface area contributed by atoms with E-state index in [9.17, 15) is 0 Å². The van der Waals surface area contributed by atoms with E-state index in [4.69, 9.17) is 8.83 Å². The van der Waals surface area contributed by atoms with Crippen molar-refractivity contribution in [1.29, 1.82) is 0 Å². The summed E-state index contributed by atoms with van der Waals surface area (Å²) in [7, 11) is 0. The maximum Gasteiger partial charge on any atom is 0.180 e. The highest BCUT2D eigenvalue weighted by Crippen LogP contribution is 2.50. The second-order valence-corrected chi connectivity index (χ2v) is 16.6. The molecule has 274 valence electrons. The molecule has 0 aliphatic carbocycles. The Bertz CT molecular complexity index is 4080. The Balaban J connectivity index is 0.991. The van der Waals surface area contributed by atoms with Gasteiger partial charge in [-0.15, -0.1) is 11.3 Å². The van der Waals surface area contributed by atoms with Crippen LogP contribution in [0.2, 0.25) is 0 Å². The highest BCUT2D eigenvalue weighted by Gasteiger charge is 2.25. The maximum atomic E-state index is 6.80. The van der Waals surface area contributed by atoms with E-state index in [1.165, 1.54) is 75.1 Å². The normalized spacial score (nSPS) is 12.4. The number of hydrogen-bond acceptors (Lipinski definition) is 3. The molecular formula is C54H30N2O2S. The van der Waals surface area contributed by atoms with Crippen molar-refractivity contribution in [2.45, 2.75) is 0 Å². The Labute approximate surface area is 339 Å². The minimum absolute atomic E-state index is 0.804. The summed E-state index contributed by atoms with van der Waals surface area (Å²) in [6.45, 7) is 0. The Morgan fingerprint density at radius 1 is 0.339 bits per heavy atom. The molecule has 0 atom stereocenters. The fourth-order valence-electron chi connectivity index (χ4n) is 9.97. The van der Waals surface area contributed by atoms with Gasteiger partial charge in [0.2, 0.25) is 0 Å². The smallest absolute Gasteiger partial charge is 0.180 e. The Morgan fingerprint density at radius 3 is 1.59 bits per heavy atom. The van der Waals surface area contributed by atoms with Crippen molar-refractivity contribution in [3.63, 3.8) is 0 Å². The molecule has 0 aliphatic rings. The topological polar surface area (TPSA) is 36.1 Å². The predicted octanol–water partition coefficient (Wildman–Crippen LogP) is 15.7. The molecule has 59 heavy (non-hydrogen) atoms. The van der Waals surface area contributed by atoms with Gasteiger partial charge in [0.05, 0.1) is 27.5 Å². The lowest BCUT2D eigenvalue weighted by atomic mass is 10.0. The number of nitrogens with zero attached hydrogens (tertiary/aromatic N) is 2. The van der Waals surface area contributed by atoms with Gasteiger partial charge in [0.15, 0.2) is 11.2 Å². The number of furan rings is 2. The van der Waals surface area contributed by atoms with Crippen molar-refractivity contribution in [1.82, 2.24) is 9.13 Å². The van der Waals surface area contributed by atoms with E-state index in [1.54, 1.807) is 0 Å². The molecule has 14 rings (SSSR count). The third-order valence-electron chi connectivity index (χ3n) is 12.5. The monoisotopic (exact) mass is 770 g/mol. The molecule has 0 fully saturated rings. The highest BCUT2D eigenvalue weighted by atomic mass is 32.1. The van der Waals surface area contributed by atoms with Gasteiger partial charge in [-0.1, -0.05) is 103 Å². The van der Waals surface area contributed by atoms with E-state index in [2.05, 4.69) is 185 Å². The van der Waals surface area contributed by atoms with Gasteiger partial charge in [0, 0.05) is 69.3 Å². The molecule has 0 saturated carbocycles. The van der Waals surface area contributed by atoms with Crippen LogP contribution in [0.15, 0.2) is 191 Å². The molecule has 0 saturated heterocycles. The van der Waals surface area contributed by atoms with Gasteiger partial charge >= 0.3 is 0 Å². The van der Waals surface area contributed by atoms with Crippen LogP contribution in [-0.4, -0.2) is 9.13 Å². The van der Waals surface area contributed by atoms with Gasteiger partial charge in [0.1, 0.15) is 11.2 Å². The van der Waals surface area contributed by atoms with Crippen LogP contribution in [-0.2, 0) is 0 Å². The summed E-state index contributed by atoms with van der Waals surface area (Å²) in [5, 5.41) is 11.9. The summed E-state index contributed by atoms with van der Waals surface area (Å²) in [5.41, 5.74) is 12.7. The molecule has 5 heteroatoms. The van der Waals surface area contributed by atoms with Gasteiger partial charge < -0.3 is 18.0 Å². The molecule has 5 aromatic heterocycles. The number of hydrogen-bond donors (Lipinski definition) is 0. The zero-order chi connectivity index (χ0) is 38.3. The van der Waals surface area contributed by atoms with Gasteiger partial charge in [-0.25, -0.2) is 0 Å². The van der Waals surface area contributed by atoms with E-state index in [-0.39, 0.29) is 0 Å². The fraction of sp³-hybridized carbons (Fsp3) is 0. The summed E-state index contributed by atoms with van der Waals surface area (Å²) in [4.78, 5) is 0. The number of thiophene rings is 1. The molecule has 5 heterocycles. The van der Waals surface area contributed by atoms with Crippen LogP contribution >= 0.6 is 11.3 Å². The van der Waals surface area contributed by atoms with E-state index in [0.29, 0.717) is 0 Å². The lowest BCUT2D eigenvalue weighted by molar-refractivity contribution is 0.633. The molecule has 0 amide bonds. The van der Waals surface area contributed by atoms with Crippen molar-refractivity contribution in [3.05, 3.63) is 182 Å². The van der Waals surface area contributed by atoms with E-state index in [1.807, 2.05) is 17.4 Å². The van der Waals surface area contributed by atoms with Crippen LogP contribution in [0.1, 0.15) is 0 Å². The van der Waals surface area contributed by atoms with Gasteiger partial charge in [-0.3, -0.25) is 0 Å². The van der Waals surface area contributed by atoms with Crippen molar-refractivity contribution >= 4 is 119 Å². The third-order valence-corrected chi connectivity index (χ3v) is 13.7. The molecule has 0 bridgehead atoms. The standard InChI is InChI=1S/C54H30N2O2S/c1-2-12-33(13-3-1)55-42-18-8-4-14-35(42)39-28-31(22-25-44(39)55)32-23-26-45-40(29-32)36-15-5-9-19-43(36)56(45)34-24-27-47-41(30-34)51-53(58-47)52-49(37-16-6-10-20-46(37)57-52)50-38-17-7-11-21-48(38)59-54(50)51/h1-30H. The number of rotatable bonds is 3. The zero-order valence-corrected chi connectivity index (χ0v) is 32.3. The van der Waals surface area contributed by atoms with Crippen LogP contribution < -0.4 is 0 Å². The SMILES string of the molecule is c1ccc(-n2c3ccccc3c3cc(-c4ccc5c(c4)c4ccccc4n5-c4ccc5oc6c7oc8ccccc8c7c7c8ccccc8sc7c6c5c4)ccc32)cc1. The van der Waals surface area contributed by atoms with E-state index in [0.717, 1.165) is 55.1 Å². The summed E-state index contributed by atoms with van der Waals surface area (Å²) in [6.07, 6.45) is 0. The molecule has 0 unspecified atom stereocenters. The van der Waals surface area contributed by atoms with Crippen molar-refractivity contribution in [3.8, 4) is 22.5 Å². The molecule has 4 nitrogen and oxygen atoms in total. The van der Waals surface area contributed by atoms with Crippen LogP contribution in [0.25, 0.3) is 130 Å². The Kier molecular flexibility index (Phi) is 6.14. The summed E-state index contributed by atoms with van der Waals surface area (Å²) in [6, 6.07) is 65.7.